The van der Waals surface area contributed by atoms with Gasteiger partial charge in [-0.25, -0.2) is 19.2 Å². The molecule has 63 heavy (non-hydrogen) atoms. The fourth-order valence-corrected chi connectivity index (χ4v) is 9.10. The second kappa shape index (κ2) is 19.8. The second-order valence-electron chi connectivity index (χ2n) is 13.1. The van der Waals surface area contributed by atoms with Crippen molar-refractivity contribution in [2.45, 2.75) is 49.3 Å². The molecule has 4 aliphatic heterocycles. The minimum absolute atomic E-state index is 0.0286. The van der Waals surface area contributed by atoms with Crippen LogP contribution < -0.4 is 22.1 Å². The van der Waals surface area contributed by atoms with Crippen molar-refractivity contribution < 1.29 is 80.6 Å². The lowest BCUT2D eigenvalue weighted by atomic mass is 10.0. The number of nitrogens with one attached hydrogen (secondary N) is 2. The number of carbonyl (C=O) groups is 8. The molecular formula is C36H38N8O17S2. The van der Waals surface area contributed by atoms with Gasteiger partial charge in [0.25, 0.3) is 23.6 Å². The SMILES string of the molecule is CON=C(C(=O)NC1C(=O)N2C(C(=O)OC(C)OC(C)OC(=O)C3=C(COC(N)=O)CSC4C(NC(=O)C(=NOC)c5ccco5)C(=O)N34)=C(COC(N)=O)CSC12)c1ccco1. The highest BCUT2D eigenvalue weighted by Gasteiger charge is 2.56. The van der Waals surface area contributed by atoms with Gasteiger partial charge in [0.1, 0.15) is 61.7 Å². The van der Waals surface area contributed by atoms with Crippen LogP contribution in [-0.2, 0) is 62.1 Å². The Kier molecular flexibility index (Phi) is 14.3. The van der Waals surface area contributed by atoms with Crippen LogP contribution in [0.25, 0.3) is 0 Å². The van der Waals surface area contributed by atoms with Crippen LogP contribution in [0.2, 0.25) is 0 Å². The van der Waals surface area contributed by atoms with Gasteiger partial charge in [0, 0.05) is 22.7 Å². The molecule has 0 radical (unpaired) electrons. The second-order valence-corrected chi connectivity index (χ2v) is 15.3. The largest absolute Gasteiger partial charge is 0.462 e. The highest BCUT2D eigenvalue weighted by molar-refractivity contribution is 8.00. The normalized spacial score (nSPS) is 21.7. The summed E-state index contributed by atoms with van der Waals surface area (Å²) in [5, 5.41) is 10.8. The summed E-state index contributed by atoms with van der Waals surface area (Å²) in [5.41, 5.74) is 9.45. The number of oxime groups is 2. The van der Waals surface area contributed by atoms with Gasteiger partial charge in [-0.15, -0.1) is 23.5 Å². The van der Waals surface area contributed by atoms with Gasteiger partial charge in [-0.3, -0.25) is 29.0 Å². The van der Waals surface area contributed by atoms with Crippen molar-refractivity contribution in [2.24, 2.45) is 21.8 Å². The molecule has 0 saturated carbocycles. The number of hydrogen-bond donors (Lipinski definition) is 4. The standard InChI is InChI=1S/C36H38N8O17S2/c1-15(60-33(49)25-17(11-57-35(37)51)13-62-31-23(29(47)43(25)31)39-27(45)21(41-53-3)19-7-5-9-55-19)59-16(2)61-34(50)26-18(12-58-36(38)52)14-63-32-24(30(48)44(26)32)40-28(46)22(42-54-4)20-8-6-10-56-20/h5-10,15-16,23-24,31-32H,11-14H2,1-4H3,(H2,37,51)(H2,38,52)(H,39,45)(H,40,46). The van der Waals surface area contributed by atoms with Crippen LogP contribution in [0, 0.1) is 0 Å². The first-order valence-corrected chi connectivity index (χ1v) is 20.4. The third-order valence-corrected chi connectivity index (χ3v) is 11.7. The quantitative estimate of drug-likeness (QED) is 0.0368. The van der Waals surface area contributed by atoms with E-state index in [0.717, 1.165) is 33.3 Å². The molecular weight excluding hydrogens is 881 g/mol. The third-order valence-electron chi connectivity index (χ3n) is 9.07. The van der Waals surface area contributed by atoms with E-state index in [0.29, 0.717) is 0 Å². The zero-order chi connectivity index (χ0) is 45.5. The number of primary amides is 2. The molecule has 6 heterocycles. The number of furan rings is 2. The number of esters is 2. The first kappa shape index (κ1) is 45.5. The Balaban J connectivity index is 1.12. The summed E-state index contributed by atoms with van der Waals surface area (Å²) in [6.45, 7) is 1.57. The molecule has 0 spiro atoms. The number of hydrogen-bond acceptors (Lipinski definition) is 21. The Morgan fingerprint density at radius 1 is 0.730 bits per heavy atom. The highest BCUT2D eigenvalue weighted by Crippen LogP contribution is 2.42. The summed E-state index contributed by atoms with van der Waals surface area (Å²) in [7, 11) is 2.43. The summed E-state index contributed by atoms with van der Waals surface area (Å²) < 4.78 is 36.9. The molecule has 336 valence electrons. The number of rotatable bonds is 18. The summed E-state index contributed by atoms with van der Waals surface area (Å²) in [4.78, 5) is 115. The fraction of sp³-hybridized carbons (Fsp3) is 0.389. The van der Waals surface area contributed by atoms with Crippen molar-refractivity contribution in [2.75, 3.05) is 38.9 Å². The van der Waals surface area contributed by atoms with Crippen molar-refractivity contribution in [3.8, 4) is 0 Å². The number of β-lactam (4-membered cyclic amide) rings is 2. The van der Waals surface area contributed by atoms with Gasteiger partial charge in [0.15, 0.2) is 11.5 Å². The van der Waals surface area contributed by atoms with Crippen LogP contribution in [-0.4, -0.2) is 143 Å². The number of nitrogens with zero attached hydrogens (tertiary/aromatic N) is 4. The van der Waals surface area contributed by atoms with E-state index in [9.17, 15) is 38.4 Å². The summed E-state index contributed by atoms with van der Waals surface area (Å²) in [6, 6.07) is 3.67. The van der Waals surface area contributed by atoms with Crippen LogP contribution >= 0.6 is 23.5 Å². The average molecular weight is 919 g/mol. The van der Waals surface area contributed by atoms with E-state index in [4.69, 9.17) is 53.7 Å². The predicted molar refractivity (Wildman–Crippen MR) is 212 cm³/mol. The minimum Gasteiger partial charge on any atom is -0.462 e. The molecule has 6 unspecified atom stereocenters. The monoisotopic (exact) mass is 918 g/mol. The number of carbonyl (C=O) groups excluding carboxylic acids is 8. The highest BCUT2D eigenvalue weighted by atomic mass is 32.2. The van der Waals surface area contributed by atoms with Gasteiger partial charge < -0.3 is 64.3 Å². The van der Waals surface area contributed by atoms with Crippen LogP contribution in [0.5, 0.6) is 0 Å². The van der Waals surface area contributed by atoms with Gasteiger partial charge in [-0.1, -0.05) is 10.3 Å². The number of fused-ring (bicyclic) bond motifs is 2. The maximum absolute atomic E-state index is 13.7. The molecule has 0 aliphatic carbocycles. The molecule has 27 heteroatoms. The molecule has 6 rings (SSSR count). The molecule has 6 amide bonds. The molecule has 2 aromatic rings. The third kappa shape index (κ3) is 9.89. The zero-order valence-electron chi connectivity index (χ0n) is 33.5. The lowest BCUT2D eigenvalue weighted by Crippen LogP contribution is -2.71. The predicted octanol–water partition coefficient (Wildman–Crippen LogP) is -0.433. The lowest BCUT2D eigenvalue weighted by molar-refractivity contribution is -0.225. The fourth-order valence-electron chi connectivity index (χ4n) is 6.45. The van der Waals surface area contributed by atoms with Gasteiger partial charge in [0.2, 0.25) is 24.0 Å². The van der Waals surface area contributed by atoms with Crippen molar-refractivity contribution in [1.82, 2.24) is 20.4 Å². The maximum atomic E-state index is 13.7. The number of ether oxygens (including phenoxy) is 5. The van der Waals surface area contributed by atoms with Crippen LogP contribution in [0.1, 0.15) is 25.4 Å². The van der Waals surface area contributed by atoms with E-state index in [1.54, 1.807) is 0 Å². The van der Waals surface area contributed by atoms with Crippen LogP contribution in [0.15, 0.2) is 78.5 Å². The Bertz CT molecular complexity index is 2120. The van der Waals surface area contributed by atoms with Gasteiger partial charge in [-0.05, 0) is 38.1 Å². The lowest BCUT2D eigenvalue weighted by Gasteiger charge is -2.49. The minimum atomic E-state index is -1.48. The summed E-state index contributed by atoms with van der Waals surface area (Å²) in [6.07, 6.45) is -2.64. The van der Waals surface area contributed by atoms with Crippen molar-refractivity contribution in [3.05, 3.63) is 70.9 Å². The van der Waals surface area contributed by atoms with E-state index in [2.05, 4.69) is 20.9 Å². The Labute approximate surface area is 363 Å². The molecule has 6 N–H and O–H groups in total. The van der Waals surface area contributed by atoms with Gasteiger partial charge in [0.05, 0.1) is 12.5 Å². The molecule has 4 aliphatic rings. The zero-order valence-corrected chi connectivity index (χ0v) is 35.1. The number of amides is 6. The van der Waals surface area contributed by atoms with Crippen molar-refractivity contribution >= 4 is 82.7 Å². The van der Waals surface area contributed by atoms with E-state index in [1.165, 1.54) is 64.9 Å². The number of thioether (sulfide) groups is 2. The first-order chi connectivity index (χ1) is 30.1. The number of nitrogens with two attached hydrogens (primary N) is 2. The topological polar surface area (TPSA) is 335 Å². The maximum Gasteiger partial charge on any atom is 0.404 e. The van der Waals surface area contributed by atoms with Gasteiger partial charge in [-0.2, -0.15) is 0 Å². The van der Waals surface area contributed by atoms with Crippen LogP contribution in [0.3, 0.4) is 0 Å². The Hall–Kier alpha value is -7.00. The average Bonchev–Trinajstić information content (AvgIpc) is 3.99. The molecule has 2 fully saturated rings. The van der Waals surface area contributed by atoms with E-state index in [-0.39, 0.29) is 57.0 Å². The molecule has 2 saturated heterocycles. The molecule has 0 bridgehead atoms. The van der Waals surface area contributed by atoms with Crippen molar-refractivity contribution in [1.29, 1.82) is 0 Å². The Morgan fingerprint density at radius 3 is 1.46 bits per heavy atom. The van der Waals surface area contributed by atoms with E-state index < -0.39 is 96.4 Å². The van der Waals surface area contributed by atoms with E-state index >= 15 is 0 Å². The molecule has 0 aromatic carbocycles. The van der Waals surface area contributed by atoms with Crippen molar-refractivity contribution in [3.63, 3.8) is 0 Å². The Morgan fingerprint density at radius 2 is 1.13 bits per heavy atom. The first-order valence-electron chi connectivity index (χ1n) is 18.3. The molecule has 25 nitrogen and oxygen atoms in total. The van der Waals surface area contributed by atoms with Gasteiger partial charge >= 0.3 is 24.1 Å². The van der Waals surface area contributed by atoms with E-state index in [1.807, 2.05) is 0 Å². The van der Waals surface area contributed by atoms with Crippen LogP contribution in [0.4, 0.5) is 9.59 Å². The summed E-state index contributed by atoms with van der Waals surface area (Å²) >= 11 is 2.28. The smallest absolute Gasteiger partial charge is 0.404 e. The molecule has 2 aromatic heterocycles. The molecule has 6 atom stereocenters. The summed E-state index contributed by atoms with van der Waals surface area (Å²) in [5.74, 6) is -5.12.